The van der Waals surface area contributed by atoms with Gasteiger partial charge >= 0.3 is 26.8 Å². The number of hydrogen-bond donors (Lipinski definition) is 0. The van der Waals surface area contributed by atoms with Gasteiger partial charge in [0.05, 0.1) is 0 Å². The van der Waals surface area contributed by atoms with E-state index in [4.69, 9.17) is 0 Å². The van der Waals surface area contributed by atoms with Crippen LogP contribution in [0.5, 0.6) is 0 Å². The van der Waals surface area contributed by atoms with Crippen LogP contribution in [0.15, 0.2) is 72.8 Å². The van der Waals surface area contributed by atoms with Gasteiger partial charge in [0.25, 0.3) is 0 Å². The predicted molar refractivity (Wildman–Crippen MR) is 140 cm³/mol. The van der Waals surface area contributed by atoms with E-state index in [1.807, 2.05) is 0 Å². The van der Waals surface area contributed by atoms with Crippen LogP contribution in [0.1, 0.15) is 50.7 Å². The van der Waals surface area contributed by atoms with Gasteiger partial charge in [0.1, 0.15) is 0 Å². The van der Waals surface area contributed by atoms with Gasteiger partial charge in [0, 0.05) is 0 Å². The molecular weight excluding hydrogens is 459 g/mol. The summed E-state index contributed by atoms with van der Waals surface area (Å²) in [5.74, 6) is 1.27. The fourth-order valence-electron chi connectivity index (χ4n) is 3.02. The van der Waals surface area contributed by atoms with Crippen LogP contribution in [0.3, 0.4) is 0 Å². The molecule has 0 aromatic heterocycles. The van der Waals surface area contributed by atoms with Crippen molar-refractivity contribution in [1.82, 2.24) is 0 Å². The number of hydrogen-bond acceptors (Lipinski definition) is 0. The molecule has 4 aromatic rings. The van der Waals surface area contributed by atoms with E-state index >= 15 is 0 Å². The molecule has 0 spiro atoms. The van der Waals surface area contributed by atoms with E-state index in [1.54, 1.807) is 19.2 Å². The van der Waals surface area contributed by atoms with Gasteiger partial charge < -0.3 is 14.9 Å². The van der Waals surface area contributed by atoms with E-state index in [-0.39, 0.29) is 39.7 Å². The standard InChI is InChI=1S/2C12H13.2CH3.2ClH.Si.Ti/c2*1-9(2)12-7-10-5-3-4-6-11(10)8-12;;;;;;/h2*3-9H,1-2H3;2*1H3;2*1H;;/q4*-1;;;;. The summed E-state index contributed by atoms with van der Waals surface area (Å²) in [4.78, 5) is 0. The average molecular weight is 493 g/mol. The van der Waals surface area contributed by atoms with Crippen LogP contribution in [0.4, 0.5) is 0 Å². The minimum atomic E-state index is 0. The molecule has 0 saturated heterocycles. The molecular formula is C26H34Cl2SiTi-4. The molecule has 0 heterocycles. The summed E-state index contributed by atoms with van der Waals surface area (Å²) >= 11 is 1.81. The molecule has 164 valence electrons. The Hall–Kier alpha value is -0.829. The maximum absolute atomic E-state index is 2.97. The summed E-state index contributed by atoms with van der Waals surface area (Å²) in [6, 6.07) is 26.1. The molecule has 2 radical (unpaired) electrons. The van der Waals surface area contributed by atoms with Crippen LogP contribution in [0.25, 0.3) is 21.5 Å². The molecule has 0 aliphatic rings. The van der Waals surface area contributed by atoms with Crippen molar-refractivity contribution in [2.45, 2.75) is 39.5 Å². The van der Waals surface area contributed by atoms with Crippen molar-refractivity contribution in [1.29, 1.82) is 0 Å². The first-order valence-corrected chi connectivity index (χ1v) is 11.9. The van der Waals surface area contributed by atoms with Crippen molar-refractivity contribution in [2.24, 2.45) is 0 Å². The molecule has 0 saturated carbocycles. The average Bonchev–Trinajstić information content (AvgIpc) is 3.28. The van der Waals surface area contributed by atoms with Crippen LogP contribution < -0.4 is 0 Å². The molecule has 0 aliphatic carbocycles. The van der Waals surface area contributed by atoms with Crippen LogP contribution >= 0.6 is 24.8 Å². The Labute approximate surface area is 210 Å². The molecule has 4 aromatic carbocycles. The molecule has 0 bridgehead atoms. The first-order valence-electron chi connectivity index (χ1n) is 9.10. The second-order valence-corrected chi connectivity index (χ2v) is 7.14. The van der Waals surface area contributed by atoms with E-state index in [9.17, 15) is 0 Å². The molecule has 0 amide bonds. The molecule has 4 rings (SSSR count). The molecule has 0 N–H and O–H groups in total. The van der Waals surface area contributed by atoms with Gasteiger partial charge in [-0.05, 0) is 11.8 Å². The number of halogens is 2. The van der Waals surface area contributed by atoms with Crippen molar-refractivity contribution < 1.29 is 19.2 Å². The fourth-order valence-corrected chi connectivity index (χ4v) is 3.02. The maximum atomic E-state index is 2.97. The van der Waals surface area contributed by atoms with Gasteiger partial charge in [0.15, 0.2) is 0 Å². The number of rotatable bonds is 2. The second-order valence-electron chi connectivity index (χ2n) is 7.14. The van der Waals surface area contributed by atoms with Crippen molar-refractivity contribution in [3.63, 3.8) is 0 Å². The summed E-state index contributed by atoms with van der Waals surface area (Å²) in [6.07, 6.45) is 0. The zero-order chi connectivity index (χ0) is 19.1. The Morgan fingerprint density at radius 3 is 1.20 bits per heavy atom. The third kappa shape index (κ3) is 9.12. The minimum absolute atomic E-state index is 0. The number of fused-ring (bicyclic) bond motifs is 2. The Kier molecular flexibility index (Phi) is 18.9. The molecule has 0 fully saturated rings. The Morgan fingerprint density at radius 2 is 0.933 bits per heavy atom. The van der Waals surface area contributed by atoms with E-state index in [0.717, 1.165) is 0 Å². The predicted octanol–water partition coefficient (Wildman–Crippen LogP) is 8.73. The van der Waals surface area contributed by atoms with Crippen molar-refractivity contribution in [2.75, 3.05) is 0 Å². The molecule has 0 atom stereocenters. The van der Waals surface area contributed by atoms with Gasteiger partial charge in [0.2, 0.25) is 0 Å². The SMILES string of the molecule is CC(C)c1cc2ccccc2[cH-]1.CC(C)c1cc2ccccc2[cH-]1.Cl.Cl.[CH3-].[CH3-].[Si]=[Ti]. The van der Waals surface area contributed by atoms with E-state index in [2.05, 4.69) is 108 Å². The second kappa shape index (κ2) is 16.8. The molecule has 30 heavy (non-hydrogen) atoms. The summed E-state index contributed by atoms with van der Waals surface area (Å²) in [5, 5.41) is 5.45. The molecule has 0 aliphatic heterocycles. The van der Waals surface area contributed by atoms with Crippen LogP contribution in [-0.4, -0.2) is 7.63 Å². The van der Waals surface area contributed by atoms with Crippen LogP contribution in [0, 0.1) is 14.9 Å². The van der Waals surface area contributed by atoms with Gasteiger partial charge in [-0.2, -0.15) is 12.1 Å². The Balaban J connectivity index is -0.000000400. The van der Waals surface area contributed by atoms with Gasteiger partial charge in [-0.15, -0.1) is 106 Å². The molecule has 0 nitrogen and oxygen atoms in total. The monoisotopic (exact) mass is 492 g/mol. The van der Waals surface area contributed by atoms with Crippen molar-refractivity contribution in [3.8, 4) is 0 Å². The summed E-state index contributed by atoms with van der Waals surface area (Å²) in [7, 11) is 2.97. The van der Waals surface area contributed by atoms with Gasteiger partial charge in [-0.1, -0.05) is 39.8 Å². The Bertz CT molecular complexity index is 810. The zero-order valence-electron chi connectivity index (χ0n) is 18.9. The quantitative estimate of drug-likeness (QED) is 0.194. The van der Waals surface area contributed by atoms with Crippen LogP contribution in [-0.2, 0) is 19.2 Å². The van der Waals surface area contributed by atoms with E-state index < -0.39 is 0 Å². The first kappa shape index (κ1) is 33.8. The van der Waals surface area contributed by atoms with Crippen molar-refractivity contribution >= 4 is 54.0 Å². The first-order chi connectivity index (χ1) is 12.5. The third-order valence-corrected chi connectivity index (χ3v) is 4.61. The van der Waals surface area contributed by atoms with Crippen LogP contribution in [0.2, 0.25) is 0 Å². The van der Waals surface area contributed by atoms with Crippen molar-refractivity contribution in [3.05, 3.63) is 98.8 Å². The fraction of sp³-hybridized carbons (Fsp3) is 0.231. The normalized spacial score (nSPS) is 9.10. The Morgan fingerprint density at radius 1 is 0.633 bits per heavy atom. The number of benzene rings is 2. The molecule has 0 unspecified atom stereocenters. The van der Waals surface area contributed by atoms with Gasteiger partial charge in [-0.3, -0.25) is 0 Å². The zero-order valence-corrected chi connectivity index (χ0v) is 23.1. The van der Waals surface area contributed by atoms with Gasteiger partial charge in [-0.25, -0.2) is 0 Å². The summed E-state index contributed by atoms with van der Waals surface area (Å²) in [6.45, 7) is 8.92. The molecule has 4 heteroatoms. The third-order valence-electron chi connectivity index (χ3n) is 4.61. The summed E-state index contributed by atoms with van der Waals surface area (Å²) < 4.78 is 0. The van der Waals surface area contributed by atoms with E-state index in [0.29, 0.717) is 11.8 Å². The summed E-state index contributed by atoms with van der Waals surface area (Å²) in [5.41, 5.74) is 2.88. The topological polar surface area (TPSA) is 0 Å². The van der Waals surface area contributed by atoms with E-state index in [1.165, 1.54) is 32.7 Å².